The third-order valence-electron chi connectivity index (χ3n) is 2.57. The Morgan fingerprint density at radius 1 is 1.58 bits per heavy atom. The maximum Gasteiger partial charge on any atom is 0.344 e. The number of nitro groups is 1. The summed E-state index contributed by atoms with van der Waals surface area (Å²) in [5.74, 6) is -0.866. The van der Waals surface area contributed by atoms with E-state index in [1.807, 2.05) is 0 Å². The van der Waals surface area contributed by atoms with Crippen molar-refractivity contribution in [3.05, 3.63) is 33.1 Å². The second kappa shape index (κ2) is 5.94. The van der Waals surface area contributed by atoms with Gasteiger partial charge < -0.3 is 9.84 Å². The number of hydrogen-bond donors (Lipinski definition) is 1. The third-order valence-corrected chi connectivity index (χ3v) is 2.85. The van der Waals surface area contributed by atoms with Crippen molar-refractivity contribution in [1.82, 2.24) is 4.98 Å². The summed E-state index contributed by atoms with van der Waals surface area (Å²) in [5, 5.41) is 20.5. The molecule has 19 heavy (non-hydrogen) atoms. The largest absolute Gasteiger partial charge is 0.464 e. The Morgan fingerprint density at radius 3 is 2.63 bits per heavy atom. The first-order valence-corrected chi connectivity index (χ1v) is 5.95. The van der Waals surface area contributed by atoms with Crippen molar-refractivity contribution >= 4 is 23.3 Å². The molecule has 1 aromatic rings. The van der Waals surface area contributed by atoms with Gasteiger partial charge in [-0.15, -0.1) is 0 Å². The first-order valence-electron chi connectivity index (χ1n) is 5.57. The summed E-state index contributed by atoms with van der Waals surface area (Å²) in [5.41, 5.74) is -2.44. The van der Waals surface area contributed by atoms with Crippen molar-refractivity contribution in [3.8, 4) is 0 Å². The van der Waals surface area contributed by atoms with E-state index in [2.05, 4.69) is 4.98 Å². The third kappa shape index (κ3) is 2.99. The van der Waals surface area contributed by atoms with E-state index in [0.717, 1.165) is 6.07 Å². The molecule has 1 unspecified atom stereocenters. The van der Waals surface area contributed by atoms with Crippen LogP contribution < -0.4 is 0 Å². The van der Waals surface area contributed by atoms with E-state index >= 15 is 0 Å². The van der Waals surface area contributed by atoms with Gasteiger partial charge in [0.1, 0.15) is 0 Å². The number of esters is 1. The minimum atomic E-state index is -1.96. The number of ether oxygens (including phenoxy) is 1. The topological polar surface area (TPSA) is 103 Å². The van der Waals surface area contributed by atoms with Gasteiger partial charge in [-0.2, -0.15) is 0 Å². The van der Waals surface area contributed by atoms with Crippen LogP contribution >= 0.6 is 11.6 Å². The van der Waals surface area contributed by atoms with Crippen molar-refractivity contribution in [2.45, 2.75) is 25.9 Å². The van der Waals surface area contributed by atoms with Crippen LogP contribution in [0.3, 0.4) is 0 Å². The molecule has 1 N–H and O–H groups in total. The zero-order valence-electron chi connectivity index (χ0n) is 10.4. The summed E-state index contributed by atoms with van der Waals surface area (Å²) in [6, 6.07) is 2.27. The lowest BCUT2D eigenvalue weighted by atomic mass is 9.96. The molecule has 1 atom stereocenters. The lowest BCUT2D eigenvalue weighted by molar-refractivity contribution is -0.385. The highest BCUT2D eigenvalue weighted by molar-refractivity contribution is 6.31. The molecule has 0 aliphatic carbocycles. The second-order valence-electron chi connectivity index (χ2n) is 3.70. The standard InChI is InChI=1S/C11H13ClN2O5/c1-3-11(16,10(15)19-4-2)8-6-5-7(14(17)18)9(12)13-8/h5-6,16H,3-4H2,1-2H3. The van der Waals surface area contributed by atoms with E-state index in [0.29, 0.717) is 0 Å². The lowest BCUT2D eigenvalue weighted by Gasteiger charge is -2.23. The van der Waals surface area contributed by atoms with Gasteiger partial charge in [0.25, 0.3) is 0 Å². The molecular formula is C11H13ClN2O5. The maximum atomic E-state index is 11.7. The zero-order valence-corrected chi connectivity index (χ0v) is 11.2. The number of aromatic nitrogens is 1. The molecule has 0 amide bonds. The summed E-state index contributed by atoms with van der Waals surface area (Å²) in [6.45, 7) is 3.26. The van der Waals surface area contributed by atoms with Crippen LogP contribution in [0, 0.1) is 10.1 Å². The van der Waals surface area contributed by atoms with Crippen molar-refractivity contribution < 1.29 is 19.6 Å². The number of nitrogens with zero attached hydrogens (tertiary/aromatic N) is 2. The lowest BCUT2D eigenvalue weighted by Crippen LogP contribution is -2.37. The predicted molar refractivity (Wildman–Crippen MR) is 66.7 cm³/mol. The van der Waals surface area contributed by atoms with E-state index in [-0.39, 0.29) is 18.7 Å². The normalized spacial score (nSPS) is 13.7. The molecule has 0 aromatic carbocycles. The highest BCUT2D eigenvalue weighted by atomic mass is 35.5. The van der Waals surface area contributed by atoms with E-state index in [9.17, 15) is 20.0 Å². The fraction of sp³-hybridized carbons (Fsp3) is 0.455. The van der Waals surface area contributed by atoms with Crippen LogP contribution in [-0.2, 0) is 15.1 Å². The number of rotatable bonds is 5. The van der Waals surface area contributed by atoms with E-state index in [1.54, 1.807) is 13.8 Å². The van der Waals surface area contributed by atoms with Crippen LogP contribution in [-0.4, -0.2) is 27.6 Å². The molecule has 0 aliphatic heterocycles. The van der Waals surface area contributed by atoms with Gasteiger partial charge in [0.05, 0.1) is 17.2 Å². The molecule has 1 aromatic heterocycles. The number of pyridine rings is 1. The Kier molecular flexibility index (Phi) is 4.79. The smallest absolute Gasteiger partial charge is 0.344 e. The van der Waals surface area contributed by atoms with E-state index in [1.165, 1.54) is 6.07 Å². The highest BCUT2D eigenvalue weighted by Crippen LogP contribution is 2.29. The van der Waals surface area contributed by atoms with Gasteiger partial charge in [0.15, 0.2) is 0 Å². The zero-order chi connectivity index (χ0) is 14.6. The minimum Gasteiger partial charge on any atom is -0.464 e. The Morgan fingerprint density at radius 2 is 2.21 bits per heavy atom. The van der Waals surface area contributed by atoms with Gasteiger partial charge in [0.2, 0.25) is 10.8 Å². The van der Waals surface area contributed by atoms with Crippen LogP contribution in [0.2, 0.25) is 5.15 Å². The van der Waals surface area contributed by atoms with Crippen LogP contribution in [0.1, 0.15) is 26.0 Å². The summed E-state index contributed by atoms with van der Waals surface area (Å²) in [4.78, 5) is 25.4. The van der Waals surface area contributed by atoms with Crippen molar-refractivity contribution in [2.75, 3.05) is 6.61 Å². The SMILES string of the molecule is CCOC(=O)C(O)(CC)c1ccc([N+](=O)[O-])c(Cl)n1. The maximum absolute atomic E-state index is 11.7. The van der Waals surface area contributed by atoms with Gasteiger partial charge >= 0.3 is 11.7 Å². The quantitative estimate of drug-likeness (QED) is 0.383. The molecule has 1 heterocycles. The Balaban J connectivity index is 3.23. The van der Waals surface area contributed by atoms with Crippen LogP contribution in [0.4, 0.5) is 5.69 Å². The van der Waals surface area contributed by atoms with Crippen molar-refractivity contribution in [1.29, 1.82) is 0 Å². The molecule has 0 aliphatic rings. The number of hydrogen-bond acceptors (Lipinski definition) is 6. The van der Waals surface area contributed by atoms with Gasteiger partial charge in [-0.3, -0.25) is 10.1 Å². The fourth-order valence-corrected chi connectivity index (χ4v) is 1.70. The van der Waals surface area contributed by atoms with Gasteiger partial charge in [-0.1, -0.05) is 18.5 Å². The van der Waals surface area contributed by atoms with Crippen LogP contribution in [0.25, 0.3) is 0 Å². The number of halogens is 1. The summed E-state index contributed by atoms with van der Waals surface area (Å²) >= 11 is 5.65. The number of carbonyl (C=O) groups excluding carboxylic acids is 1. The predicted octanol–water partition coefficient (Wildman–Crippen LogP) is 1.80. The molecule has 0 radical (unpaired) electrons. The summed E-state index contributed by atoms with van der Waals surface area (Å²) in [6.07, 6.45) is 0.00692. The Hall–Kier alpha value is -1.73. The van der Waals surface area contributed by atoms with Gasteiger partial charge in [0, 0.05) is 6.07 Å². The summed E-state index contributed by atoms with van der Waals surface area (Å²) < 4.78 is 4.76. The Labute approximate surface area is 114 Å². The van der Waals surface area contributed by atoms with E-state index in [4.69, 9.17) is 16.3 Å². The molecule has 8 heteroatoms. The first kappa shape index (κ1) is 15.3. The number of carbonyl (C=O) groups is 1. The average Bonchev–Trinajstić information content (AvgIpc) is 2.37. The molecule has 0 bridgehead atoms. The van der Waals surface area contributed by atoms with Gasteiger partial charge in [-0.05, 0) is 19.4 Å². The van der Waals surface area contributed by atoms with Gasteiger partial charge in [-0.25, -0.2) is 9.78 Å². The molecule has 0 spiro atoms. The molecule has 0 fully saturated rings. The number of aliphatic hydroxyl groups is 1. The molecule has 0 saturated heterocycles. The average molecular weight is 289 g/mol. The molecule has 7 nitrogen and oxygen atoms in total. The highest BCUT2D eigenvalue weighted by Gasteiger charge is 2.40. The molecule has 0 saturated carbocycles. The first-order chi connectivity index (χ1) is 8.86. The van der Waals surface area contributed by atoms with E-state index < -0.39 is 27.3 Å². The van der Waals surface area contributed by atoms with Crippen molar-refractivity contribution in [2.24, 2.45) is 0 Å². The molecular weight excluding hydrogens is 276 g/mol. The Bertz CT molecular complexity index is 508. The summed E-state index contributed by atoms with van der Waals surface area (Å²) in [7, 11) is 0. The minimum absolute atomic E-state index is 0.00692. The van der Waals surface area contributed by atoms with Crippen LogP contribution in [0.15, 0.2) is 12.1 Å². The fourth-order valence-electron chi connectivity index (χ4n) is 1.47. The molecule has 104 valence electrons. The van der Waals surface area contributed by atoms with Crippen LogP contribution in [0.5, 0.6) is 0 Å². The van der Waals surface area contributed by atoms with Crippen molar-refractivity contribution in [3.63, 3.8) is 0 Å². The second-order valence-corrected chi connectivity index (χ2v) is 4.06. The monoisotopic (exact) mass is 288 g/mol. The molecule has 1 rings (SSSR count).